The summed E-state index contributed by atoms with van der Waals surface area (Å²) in [5.74, 6) is -0.578. The molecule has 1 aromatic carbocycles. The highest BCUT2D eigenvalue weighted by Gasteiger charge is 2.24. The summed E-state index contributed by atoms with van der Waals surface area (Å²) in [7, 11) is 0. The molecule has 8 heteroatoms. The number of carbonyl (C=O) groups excluding carboxylic acids is 1. The zero-order valence-electron chi connectivity index (χ0n) is 16.9. The van der Waals surface area contributed by atoms with Crippen molar-refractivity contribution in [2.45, 2.75) is 57.8 Å². The van der Waals surface area contributed by atoms with E-state index in [1.165, 1.54) is 12.1 Å². The van der Waals surface area contributed by atoms with Gasteiger partial charge >= 0.3 is 0 Å². The SMILES string of the molecule is CCn1ncc2c(NC3CCCC(O)C3)c(C(=O)NCc3ccc(F)cc3)cnc21. The molecule has 1 aliphatic rings. The molecule has 3 aromatic rings. The fourth-order valence-electron chi connectivity index (χ4n) is 3.96. The van der Waals surface area contributed by atoms with Crippen molar-refractivity contribution in [3.8, 4) is 0 Å². The monoisotopic (exact) mass is 411 g/mol. The van der Waals surface area contributed by atoms with Gasteiger partial charge in [0.05, 0.1) is 28.9 Å². The van der Waals surface area contributed by atoms with Gasteiger partial charge in [-0.3, -0.25) is 4.79 Å². The van der Waals surface area contributed by atoms with Gasteiger partial charge in [-0.2, -0.15) is 5.10 Å². The highest BCUT2D eigenvalue weighted by Crippen LogP contribution is 2.30. The Morgan fingerprint density at radius 2 is 2.07 bits per heavy atom. The zero-order valence-corrected chi connectivity index (χ0v) is 16.9. The van der Waals surface area contributed by atoms with Crippen molar-refractivity contribution in [3.05, 3.63) is 53.6 Å². The van der Waals surface area contributed by atoms with E-state index in [0.717, 1.165) is 30.2 Å². The first kappa shape index (κ1) is 20.3. The van der Waals surface area contributed by atoms with Crippen LogP contribution in [-0.4, -0.2) is 37.9 Å². The molecule has 1 amide bonds. The van der Waals surface area contributed by atoms with E-state index in [1.807, 2.05) is 6.92 Å². The number of hydrogen-bond donors (Lipinski definition) is 3. The Kier molecular flexibility index (Phi) is 5.94. The van der Waals surface area contributed by atoms with E-state index < -0.39 is 0 Å². The standard InChI is InChI=1S/C22H26FN5O2/c1-2-28-21-18(13-26-28)20(27-16-4-3-5-17(29)10-16)19(12-24-21)22(30)25-11-14-6-8-15(23)9-7-14/h6-9,12-13,16-17,29H,2-5,10-11H2,1H3,(H,24,27)(H,25,30). The third-order valence-corrected chi connectivity index (χ3v) is 5.57. The van der Waals surface area contributed by atoms with E-state index in [2.05, 4.69) is 20.7 Å². The Bertz CT molecular complexity index is 1030. The van der Waals surface area contributed by atoms with Gasteiger partial charge in [0.2, 0.25) is 0 Å². The summed E-state index contributed by atoms with van der Waals surface area (Å²) in [6.45, 7) is 2.95. The van der Waals surface area contributed by atoms with Crippen molar-refractivity contribution in [3.63, 3.8) is 0 Å². The van der Waals surface area contributed by atoms with E-state index in [1.54, 1.807) is 29.2 Å². The quantitative estimate of drug-likeness (QED) is 0.579. The van der Waals surface area contributed by atoms with E-state index >= 15 is 0 Å². The Balaban J connectivity index is 1.62. The molecule has 0 aliphatic heterocycles. The average Bonchev–Trinajstić information content (AvgIpc) is 3.17. The minimum atomic E-state index is -0.331. The molecule has 2 atom stereocenters. The fraction of sp³-hybridized carbons (Fsp3) is 0.409. The molecule has 7 nitrogen and oxygen atoms in total. The molecule has 4 rings (SSSR count). The molecule has 0 bridgehead atoms. The Labute approximate surface area is 174 Å². The predicted molar refractivity (Wildman–Crippen MR) is 113 cm³/mol. The number of hydrogen-bond acceptors (Lipinski definition) is 5. The molecular formula is C22H26FN5O2. The fourth-order valence-corrected chi connectivity index (χ4v) is 3.96. The van der Waals surface area contributed by atoms with Crippen molar-refractivity contribution in [2.75, 3.05) is 5.32 Å². The molecule has 0 spiro atoms. The van der Waals surface area contributed by atoms with Crippen LogP contribution in [-0.2, 0) is 13.1 Å². The number of rotatable bonds is 6. The highest BCUT2D eigenvalue weighted by molar-refractivity contribution is 6.06. The molecule has 0 radical (unpaired) electrons. The Hall–Kier alpha value is -3.00. The van der Waals surface area contributed by atoms with Gasteiger partial charge in [-0.25, -0.2) is 14.1 Å². The smallest absolute Gasteiger partial charge is 0.255 e. The van der Waals surface area contributed by atoms with Gasteiger partial charge in [0.1, 0.15) is 5.82 Å². The van der Waals surface area contributed by atoms with E-state index in [4.69, 9.17) is 0 Å². The number of halogens is 1. The maximum Gasteiger partial charge on any atom is 0.255 e. The second-order valence-corrected chi connectivity index (χ2v) is 7.72. The topological polar surface area (TPSA) is 92.1 Å². The van der Waals surface area contributed by atoms with Crippen LogP contribution in [0, 0.1) is 5.82 Å². The maximum absolute atomic E-state index is 13.1. The van der Waals surface area contributed by atoms with Crippen LogP contribution in [0.5, 0.6) is 0 Å². The summed E-state index contributed by atoms with van der Waals surface area (Å²) in [6.07, 6.45) is 6.28. The largest absolute Gasteiger partial charge is 0.393 e. The predicted octanol–water partition coefficient (Wildman–Crippen LogP) is 3.24. The number of carbonyl (C=O) groups is 1. The molecule has 0 saturated heterocycles. The van der Waals surface area contributed by atoms with Crippen LogP contribution < -0.4 is 10.6 Å². The number of nitrogens with one attached hydrogen (secondary N) is 2. The van der Waals surface area contributed by atoms with Crippen molar-refractivity contribution >= 4 is 22.6 Å². The normalized spacial score (nSPS) is 19.0. The molecule has 1 saturated carbocycles. The number of pyridine rings is 1. The van der Waals surface area contributed by atoms with Gasteiger partial charge in [-0.1, -0.05) is 12.1 Å². The number of aromatic nitrogens is 3. The number of aliphatic hydroxyl groups excluding tert-OH is 1. The molecule has 30 heavy (non-hydrogen) atoms. The molecule has 2 heterocycles. The first-order valence-corrected chi connectivity index (χ1v) is 10.4. The molecule has 1 aliphatic carbocycles. The van der Waals surface area contributed by atoms with Gasteiger partial charge in [0.15, 0.2) is 5.65 Å². The second kappa shape index (κ2) is 8.79. The summed E-state index contributed by atoms with van der Waals surface area (Å²) in [5, 5.41) is 21.6. The first-order valence-electron chi connectivity index (χ1n) is 10.4. The average molecular weight is 411 g/mol. The van der Waals surface area contributed by atoms with Crippen LogP contribution >= 0.6 is 0 Å². The lowest BCUT2D eigenvalue weighted by Crippen LogP contribution is -2.31. The van der Waals surface area contributed by atoms with Gasteiger partial charge in [0, 0.05) is 25.3 Å². The summed E-state index contributed by atoms with van der Waals surface area (Å²) in [4.78, 5) is 17.5. The van der Waals surface area contributed by atoms with Crippen molar-refractivity contribution in [1.82, 2.24) is 20.1 Å². The lowest BCUT2D eigenvalue weighted by atomic mass is 9.92. The van der Waals surface area contributed by atoms with Crippen LogP contribution in [0.1, 0.15) is 48.5 Å². The second-order valence-electron chi connectivity index (χ2n) is 7.72. The van der Waals surface area contributed by atoms with Crippen molar-refractivity contribution in [2.24, 2.45) is 0 Å². The van der Waals surface area contributed by atoms with Crippen LogP contribution in [0.3, 0.4) is 0 Å². The Morgan fingerprint density at radius 1 is 1.27 bits per heavy atom. The van der Waals surface area contributed by atoms with Crippen molar-refractivity contribution in [1.29, 1.82) is 0 Å². The lowest BCUT2D eigenvalue weighted by Gasteiger charge is -2.28. The third-order valence-electron chi connectivity index (χ3n) is 5.57. The summed E-state index contributed by atoms with van der Waals surface area (Å²) in [5.41, 5.74) is 2.64. The third kappa shape index (κ3) is 4.28. The van der Waals surface area contributed by atoms with Crippen LogP contribution in [0.4, 0.5) is 10.1 Å². The van der Waals surface area contributed by atoms with Crippen LogP contribution in [0.25, 0.3) is 11.0 Å². The first-order chi connectivity index (χ1) is 14.5. The minimum absolute atomic E-state index is 0.0768. The maximum atomic E-state index is 13.1. The number of anilines is 1. The van der Waals surface area contributed by atoms with Crippen LogP contribution in [0.15, 0.2) is 36.7 Å². The van der Waals surface area contributed by atoms with Gasteiger partial charge in [-0.05, 0) is 50.3 Å². The number of benzene rings is 1. The lowest BCUT2D eigenvalue weighted by molar-refractivity contribution is 0.0951. The Morgan fingerprint density at radius 3 is 2.80 bits per heavy atom. The molecule has 2 aromatic heterocycles. The number of aliphatic hydroxyl groups is 1. The number of aryl methyl sites for hydroxylation is 1. The number of fused-ring (bicyclic) bond motifs is 1. The summed E-state index contributed by atoms with van der Waals surface area (Å²) in [6, 6.07) is 6.11. The van der Waals surface area contributed by atoms with Gasteiger partial charge < -0.3 is 15.7 Å². The van der Waals surface area contributed by atoms with Crippen LogP contribution in [0.2, 0.25) is 0 Å². The van der Waals surface area contributed by atoms with Gasteiger partial charge in [0.25, 0.3) is 5.91 Å². The van der Waals surface area contributed by atoms with E-state index in [9.17, 15) is 14.3 Å². The van der Waals surface area contributed by atoms with E-state index in [-0.39, 0.29) is 30.4 Å². The minimum Gasteiger partial charge on any atom is -0.393 e. The number of amides is 1. The summed E-state index contributed by atoms with van der Waals surface area (Å²) < 4.78 is 14.9. The van der Waals surface area contributed by atoms with Gasteiger partial charge in [-0.15, -0.1) is 0 Å². The molecule has 3 N–H and O–H groups in total. The highest BCUT2D eigenvalue weighted by atomic mass is 19.1. The molecule has 2 unspecified atom stereocenters. The molecular weight excluding hydrogens is 385 g/mol. The molecule has 158 valence electrons. The van der Waals surface area contributed by atoms with Crippen molar-refractivity contribution < 1.29 is 14.3 Å². The number of nitrogens with zero attached hydrogens (tertiary/aromatic N) is 3. The van der Waals surface area contributed by atoms with E-state index in [0.29, 0.717) is 29.9 Å². The zero-order chi connectivity index (χ0) is 21.1. The molecule has 1 fully saturated rings. The summed E-state index contributed by atoms with van der Waals surface area (Å²) >= 11 is 0.